The number of hydrogen-bond acceptors (Lipinski definition) is 7. The molecule has 1 aromatic rings. The molecule has 0 N–H and O–H groups in total. The fraction of sp³-hybridized carbons (Fsp3) is 0.500. The zero-order valence-electron chi connectivity index (χ0n) is 18.4. The van der Waals surface area contributed by atoms with Crippen molar-refractivity contribution >= 4 is 29.3 Å². The first-order valence-electron chi connectivity index (χ1n) is 10.3. The molecule has 1 aliphatic heterocycles. The minimum atomic E-state index is -0.827. The van der Waals surface area contributed by atoms with Crippen molar-refractivity contribution in [2.75, 3.05) is 33.5 Å². The summed E-state index contributed by atoms with van der Waals surface area (Å²) in [6, 6.07) is 7.04. The molecule has 0 aliphatic carbocycles. The van der Waals surface area contributed by atoms with Gasteiger partial charge in [0.05, 0.1) is 31.6 Å². The van der Waals surface area contributed by atoms with E-state index in [1.54, 1.807) is 38.1 Å². The number of carbonyl (C=O) groups is 2. The van der Waals surface area contributed by atoms with Gasteiger partial charge in [0.25, 0.3) is 0 Å². The summed E-state index contributed by atoms with van der Waals surface area (Å²) in [7, 11) is 1.29. The van der Waals surface area contributed by atoms with E-state index in [0.717, 1.165) is 0 Å². The summed E-state index contributed by atoms with van der Waals surface area (Å²) in [6.07, 6.45) is 1.37. The van der Waals surface area contributed by atoms with Gasteiger partial charge in [-0.3, -0.25) is 9.79 Å². The molecule has 1 heterocycles. The second-order valence-corrected chi connectivity index (χ2v) is 7.46. The van der Waals surface area contributed by atoms with Gasteiger partial charge in [-0.05, 0) is 43.9 Å². The van der Waals surface area contributed by atoms with Crippen molar-refractivity contribution in [2.24, 2.45) is 16.0 Å². The Balaban J connectivity index is 2.44. The molecule has 2 unspecified atom stereocenters. The molecule has 2 rings (SSSR count). The van der Waals surface area contributed by atoms with E-state index in [9.17, 15) is 9.59 Å². The summed E-state index contributed by atoms with van der Waals surface area (Å²) in [5.41, 5.74) is 10.0. The summed E-state index contributed by atoms with van der Waals surface area (Å²) < 4.78 is 16.1. The van der Waals surface area contributed by atoms with Crippen LogP contribution in [0.1, 0.15) is 38.2 Å². The Labute approximate surface area is 192 Å². The van der Waals surface area contributed by atoms with E-state index < -0.39 is 23.8 Å². The molecule has 172 valence electrons. The number of benzene rings is 1. The molecule has 2 atom stereocenters. The van der Waals surface area contributed by atoms with Crippen LogP contribution in [0.15, 0.2) is 45.6 Å². The van der Waals surface area contributed by atoms with Gasteiger partial charge in [0.1, 0.15) is 5.92 Å². The Hall–Kier alpha value is -2.87. The molecule has 10 heteroatoms. The van der Waals surface area contributed by atoms with Crippen molar-refractivity contribution in [2.45, 2.75) is 32.6 Å². The summed E-state index contributed by atoms with van der Waals surface area (Å²) in [5, 5.41) is 3.90. The summed E-state index contributed by atoms with van der Waals surface area (Å²) in [6.45, 7) is 4.43. The molecule has 0 aromatic heterocycles. The molecule has 1 aliphatic rings. The molecule has 1 aromatic carbocycles. The highest BCUT2D eigenvalue weighted by molar-refractivity contribution is 6.31. The lowest BCUT2D eigenvalue weighted by Crippen LogP contribution is -2.37. The first kappa shape index (κ1) is 25.4. The smallest absolute Gasteiger partial charge is 0.336 e. The monoisotopic (exact) mass is 462 g/mol. The predicted molar refractivity (Wildman–Crippen MR) is 121 cm³/mol. The molecule has 0 saturated carbocycles. The summed E-state index contributed by atoms with van der Waals surface area (Å²) >= 11 is 6.47. The maximum atomic E-state index is 13.0. The number of halogens is 1. The fourth-order valence-electron chi connectivity index (χ4n) is 3.59. The van der Waals surface area contributed by atoms with Crippen molar-refractivity contribution in [1.29, 1.82) is 0 Å². The fourth-order valence-corrected chi connectivity index (χ4v) is 3.84. The third-order valence-corrected chi connectivity index (χ3v) is 5.35. The van der Waals surface area contributed by atoms with Gasteiger partial charge in [0, 0.05) is 34.7 Å². The molecule has 0 saturated heterocycles. The van der Waals surface area contributed by atoms with E-state index in [0.29, 0.717) is 48.0 Å². The summed E-state index contributed by atoms with van der Waals surface area (Å²) in [5.74, 6) is -2.65. The van der Waals surface area contributed by atoms with Crippen LogP contribution < -0.4 is 0 Å². The second-order valence-electron chi connectivity index (χ2n) is 7.05. The van der Waals surface area contributed by atoms with Gasteiger partial charge in [-0.2, -0.15) is 0 Å². The Morgan fingerprint density at radius 1 is 1.28 bits per heavy atom. The highest BCUT2D eigenvalue weighted by Crippen LogP contribution is 2.42. The Bertz CT molecular complexity index is 940. The quantitative estimate of drug-likeness (QED) is 0.156. The average molecular weight is 463 g/mol. The zero-order chi connectivity index (χ0) is 23.5. The maximum absolute atomic E-state index is 13.0. The average Bonchev–Trinajstić information content (AvgIpc) is 2.78. The van der Waals surface area contributed by atoms with Gasteiger partial charge in [-0.25, -0.2) is 4.79 Å². The Kier molecular flexibility index (Phi) is 10.2. The normalized spacial score (nSPS) is 17.9. The second kappa shape index (κ2) is 12.9. The number of carbonyl (C=O) groups excluding carboxylic acids is 2. The first-order valence-corrected chi connectivity index (χ1v) is 10.7. The molecule has 0 amide bonds. The number of unbranched alkanes of at least 4 members (excludes halogenated alkanes) is 1. The molecular formula is C22H27ClN4O5. The van der Waals surface area contributed by atoms with Crippen molar-refractivity contribution in [3.8, 4) is 0 Å². The molecule has 9 nitrogen and oxygen atoms in total. The topological polar surface area (TPSA) is 123 Å². The van der Waals surface area contributed by atoms with Crippen molar-refractivity contribution in [1.82, 2.24) is 0 Å². The van der Waals surface area contributed by atoms with Crippen LogP contribution >= 0.6 is 11.6 Å². The number of esters is 2. The van der Waals surface area contributed by atoms with Crippen LogP contribution in [0.2, 0.25) is 5.02 Å². The van der Waals surface area contributed by atoms with Crippen molar-refractivity contribution in [3.63, 3.8) is 0 Å². The van der Waals surface area contributed by atoms with E-state index in [-0.39, 0.29) is 18.8 Å². The number of azide groups is 1. The lowest BCUT2D eigenvalue weighted by atomic mass is 9.75. The third-order valence-electron chi connectivity index (χ3n) is 5.01. The van der Waals surface area contributed by atoms with Crippen LogP contribution in [0, 0.1) is 5.92 Å². The van der Waals surface area contributed by atoms with Crippen molar-refractivity contribution < 1.29 is 23.8 Å². The number of ether oxygens (including phenoxy) is 3. The molecule has 0 bridgehead atoms. The maximum Gasteiger partial charge on any atom is 0.336 e. The van der Waals surface area contributed by atoms with Crippen LogP contribution in [0.3, 0.4) is 0 Å². The van der Waals surface area contributed by atoms with Gasteiger partial charge in [-0.15, -0.1) is 0 Å². The lowest BCUT2D eigenvalue weighted by molar-refractivity contribution is -0.144. The van der Waals surface area contributed by atoms with Crippen LogP contribution in [0.4, 0.5) is 0 Å². The van der Waals surface area contributed by atoms with Crippen LogP contribution in [-0.2, 0) is 23.8 Å². The Morgan fingerprint density at radius 2 is 2.03 bits per heavy atom. The van der Waals surface area contributed by atoms with E-state index in [2.05, 4.69) is 15.0 Å². The van der Waals surface area contributed by atoms with Gasteiger partial charge >= 0.3 is 11.9 Å². The number of methoxy groups -OCH3 is 1. The predicted octanol–water partition coefficient (Wildman–Crippen LogP) is 4.61. The molecule has 0 spiro atoms. The van der Waals surface area contributed by atoms with Crippen molar-refractivity contribution in [3.05, 3.63) is 56.6 Å². The van der Waals surface area contributed by atoms with Crippen LogP contribution in [0.5, 0.6) is 0 Å². The van der Waals surface area contributed by atoms with E-state index >= 15 is 0 Å². The zero-order valence-corrected chi connectivity index (χ0v) is 19.2. The largest absolute Gasteiger partial charge is 0.468 e. The minimum absolute atomic E-state index is 0.0574. The van der Waals surface area contributed by atoms with Crippen LogP contribution in [-0.4, -0.2) is 51.1 Å². The molecular weight excluding hydrogens is 436 g/mol. The van der Waals surface area contributed by atoms with Gasteiger partial charge in [0.2, 0.25) is 0 Å². The number of rotatable bonds is 11. The lowest BCUT2D eigenvalue weighted by Gasteiger charge is -2.32. The highest BCUT2D eigenvalue weighted by atomic mass is 35.5. The molecule has 32 heavy (non-hydrogen) atoms. The number of nitrogens with zero attached hydrogens (tertiary/aromatic N) is 4. The van der Waals surface area contributed by atoms with E-state index in [4.69, 9.17) is 31.3 Å². The van der Waals surface area contributed by atoms with Gasteiger partial charge in [-0.1, -0.05) is 34.9 Å². The minimum Gasteiger partial charge on any atom is -0.468 e. The standard InChI is InChI=1S/C22H27ClN4O5/c1-4-32-22(29)20-17(13-31-12-8-7-11-25-27-24)26-14(2)18(21(28)30-3)19(20)15-9-5-6-10-16(15)23/h5-6,9-10,18-19H,4,7-8,11-13H2,1-3H3. The third kappa shape index (κ3) is 6.32. The van der Waals surface area contributed by atoms with Gasteiger partial charge < -0.3 is 14.2 Å². The molecule has 0 fully saturated rings. The number of aliphatic imine (C=N–C) groups is 1. The molecule has 0 radical (unpaired) electrons. The number of hydrogen-bond donors (Lipinski definition) is 0. The van der Waals surface area contributed by atoms with Crippen LogP contribution in [0.25, 0.3) is 10.4 Å². The van der Waals surface area contributed by atoms with E-state index in [1.165, 1.54) is 7.11 Å². The highest BCUT2D eigenvalue weighted by Gasteiger charge is 2.43. The summed E-state index contributed by atoms with van der Waals surface area (Å²) in [4.78, 5) is 33.0. The Morgan fingerprint density at radius 3 is 2.69 bits per heavy atom. The van der Waals surface area contributed by atoms with E-state index in [1.807, 2.05) is 0 Å². The first-order chi connectivity index (χ1) is 15.5. The SMILES string of the molecule is CCOC(=O)C1=C(COCCCCN=[N+]=[N-])N=C(C)C(C(=O)OC)C1c1ccccc1Cl. The van der Waals surface area contributed by atoms with Gasteiger partial charge in [0.15, 0.2) is 0 Å².